The predicted octanol–water partition coefficient (Wildman–Crippen LogP) is 2.81. The molecule has 0 spiro atoms. The van der Waals surface area contributed by atoms with Gasteiger partial charge < -0.3 is 5.73 Å². The van der Waals surface area contributed by atoms with Crippen molar-refractivity contribution in [2.24, 2.45) is 11.7 Å². The van der Waals surface area contributed by atoms with Crippen molar-refractivity contribution < 1.29 is 4.79 Å². The second-order valence-corrected chi connectivity index (χ2v) is 4.61. The van der Waals surface area contributed by atoms with Crippen molar-refractivity contribution in [2.45, 2.75) is 33.1 Å². The summed E-state index contributed by atoms with van der Waals surface area (Å²) in [6.45, 7) is 4.97. The molecule has 2 nitrogen and oxygen atoms in total. The maximum atomic E-state index is 11.7. The zero-order chi connectivity index (χ0) is 12.0. The Bertz CT molecular complexity index is 327. The van der Waals surface area contributed by atoms with E-state index in [2.05, 4.69) is 26.0 Å². The number of carbonyl (C=O) groups excluding carboxylic acids is 1. The first-order chi connectivity index (χ1) is 7.63. The van der Waals surface area contributed by atoms with Crippen molar-refractivity contribution in [2.75, 3.05) is 6.54 Å². The summed E-state index contributed by atoms with van der Waals surface area (Å²) < 4.78 is 0. The molecule has 0 atom stereocenters. The van der Waals surface area contributed by atoms with Crippen molar-refractivity contribution in [3.63, 3.8) is 0 Å². The van der Waals surface area contributed by atoms with Gasteiger partial charge in [-0.15, -0.1) is 0 Å². The topological polar surface area (TPSA) is 43.1 Å². The van der Waals surface area contributed by atoms with E-state index in [1.807, 2.05) is 12.1 Å². The van der Waals surface area contributed by atoms with E-state index in [1.54, 1.807) is 0 Å². The van der Waals surface area contributed by atoms with Crippen LogP contribution >= 0.6 is 0 Å². The molecule has 0 fully saturated rings. The normalized spacial score (nSPS) is 10.8. The summed E-state index contributed by atoms with van der Waals surface area (Å²) >= 11 is 0. The largest absolute Gasteiger partial charge is 0.330 e. The number of hydrogen-bond donors (Lipinski definition) is 1. The van der Waals surface area contributed by atoms with Gasteiger partial charge in [0.25, 0.3) is 0 Å². The van der Waals surface area contributed by atoms with Gasteiger partial charge >= 0.3 is 0 Å². The van der Waals surface area contributed by atoms with Crippen molar-refractivity contribution in [1.29, 1.82) is 0 Å². The van der Waals surface area contributed by atoms with Crippen LogP contribution in [0.3, 0.4) is 0 Å². The number of benzene rings is 1. The van der Waals surface area contributed by atoms with E-state index in [1.165, 1.54) is 5.56 Å². The highest BCUT2D eigenvalue weighted by molar-refractivity contribution is 5.96. The monoisotopic (exact) mass is 219 g/mol. The Kier molecular flexibility index (Phi) is 5.20. The van der Waals surface area contributed by atoms with Crippen LogP contribution in [0.15, 0.2) is 24.3 Å². The maximum Gasteiger partial charge on any atom is 0.162 e. The lowest BCUT2D eigenvalue weighted by atomic mass is 9.99. The van der Waals surface area contributed by atoms with Gasteiger partial charge in [0.15, 0.2) is 5.78 Å². The van der Waals surface area contributed by atoms with Crippen molar-refractivity contribution in [3.8, 4) is 0 Å². The first kappa shape index (κ1) is 12.9. The fourth-order valence-electron chi connectivity index (χ4n) is 1.71. The quantitative estimate of drug-likeness (QED) is 0.748. The summed E-state index contributed by atoms with van der Waals surface area (Å²) in [6.07, 6.45) is 2.39. The van der Waals surface area contributed by atoms with E-state index in [-0.39, 0.29) is 5.78 Å². The number of hydrogen-bond acceptors (Lipinski definition) is 2. The molecule has 1 aromatic carbocycles. The fraction of sp³-hybridized carbons (Fsp3) is 0.500. The van der Waals surface area contributed by atoms with E-state index in [9.17, 15) is 4.79 Å². The van der Waals surface area contributed by atoms with Crippen LogP contribution in [0.1, 0.15) is 42.6 Å². The molecule has 2 N–H and O–H groups in total. The van der Waals surface area contributed by atoms with Crippen LogP contribution in [0, 0.1) is 5.92 Å². The van der Waals surface area contributed by atoms with Crippen molar-refractivity contribution in [1.82, 2.24) is 0 Å². The average Bonchev–Trinajstić information content (AvgIpc) is 2.26. The Labute approximate surface area is 97.9 Å². The van der Waals surface area contributed by atoms with Crippen LogP contribution in [0.25, 0.3) is 0 Å². The van der Waals surface area contributed by atoms with E-state index in [0.717, 1.165) is 18.4 Å². The molecule has 2 heteroatoms. The summed E-state index contributed by atoms with van der Waals surface area (Å²) in [4.78, 5) is 11.7. The molecule has 0 aliphatic heterocycles. The third-order valence-corrected chi connectivity index (χ3v) is 2.53. The van der Waals surface area contributed by atoms with Gasteiger partial charge in [-0.1, -0.05) is 38.1 Å². The van der Waals surface area contributed by atoms with Crippen LogP contribution in [-0.4, -0.2) is 12.3 Å². The number of rotatable bonds is 6. The first-order valence-electron chi connectivity index (χ1n) is 5.95. The molecule has 0 aliphatic carbocycles. The molecule has 0 radical (unpaired) electrons. The Morgan fingerprint density at radius 1 is 1.25 bits per heavy atom. The van der Waals surface area contributed by atoms with Crippen LogP contribution in [0.5, 0.6) is 0 Å². The van der Waals surface area contributed by atoms with Gasteiger partial charge in [0.2, 0.25) is 0 Å². The molecule has 0 heterocycles. The van der Waals surface area contributed by atoms with E-state index in [0.29, 0.717) is 18.9 Å². The Morgan fingerprint density at radius 2 is 1.88 bits per heavy atom. The second-order valence-electron chi connectivity index (χ2n) is 4.61. The van der Waals surface area contributed by atoms with Gasteiger partial charge in [-0.2, -0.15) is 0 Å². The van der Waals surface area contributed by atoms with Crippen molar-refractivity contribution in [3.05, 3.63) is 35.4 Å². The van der Waals surface area contributed by atoms with Gasteiger partial charge in [-0.3, -0.25) is 4.79 Å². The van der Waals surface area contributed by atoms with E-state index in [4.69, 9.17) is 5.73 Å². The third kappa shape index (κ3) is 4.15. The van der Waals surface area contributed by atoms with E-state index < -0.39 is 0 Å². The molecule has 16 heavy (non-hydrogen) atoms. The lowest BCUT2D eigenvalue weighted by Gasteiger charge is -2.06. The molecule has 0 bridgehead atoms. The van der Waals surface area contributed by atoms with E-state index >= 15 is 0 Å². The number of Topliss-reactive ketones (excluding diaryl/α,β-unsaturated/α-hetero) is 1. The van der Waals surface area contributed by atoms with Crippen LogP contribution < -0.4 is 5.73 Å². The molecule has 0 saturated heterocycles. The lowest BCUT2D eigenvalue weighted by molar-refractivity contribution is 0.0981. The highest BCUT2D eigenvalue weighted by atomic mass is 16.1. The molecule has 1 rings (SSSR count). The summed E-state index contributed by atoms with van der Waals surface area (Å²) in [5, 5.41) is 0. The number of carbonyl (C=O) groups is 1. The SMILES string of the molecule is CC(C)Cc1ccc(C(=O)CCCN)cc1. The minimum absolute atomic E-state index is 0.196. The molecule has 0 unspecified atom stereocenters. The highest BCUT2D eigenvalue weighted by Gasteiger charge is 2.05. The zero-order valence-corrected chi connectivity index (χ0v) is 10.2. The van der Waals surface area contributed by atoms with Crippen LogP contribution in [0.2, 0.25) is 0 Å². The number of ketones is 1. The first-order valence-corrected chi connectivity index (χ1v) is 5.95. The summed E-state index contributed by atoms with van der Waals surface area (Å²) in [6, 6.07) is 7.96. The molecule has 0 saturated carbocycles. The molecular weight excluding hydrogens is 198 g/mol. The summed E-state index contributed by atoms with van der Waals surface area (Å²) in [5.41, 5.74) is 7.48. The summed E-state index contributed by atoms with van der Waals surface area (Å²) in [5.74, 6) is 0.848. The van der Waals surface area contributed by atoms with Crippen molar-refractivity contribution >= 4 is 5.78 Å². The lowest BCUT2D eigenvalue weighted by Crippen LogP contribution is -2.05. The molecule has 0 aliphatic rings. The van der Waals surface area contributed by atoms with Gasteiger partial charge in [0.1, 0.15) is 0 Å². The van der Waals surface area contributed by atoms with Gasteiger partial charge in [0, 0.05) is 12.0 Å². The molecule has 0 amide bonds. The second kappa shape index (κ2) is 6.44. The average molecular weight is 219 g/mol. The highest BCUT2D eigenvalue weighted by Crippen LogP contribution is 2.11. The smallest absolute Gasteiger partial charge is 0.162 e. The van der Waals surface area contributed by atoms with Gasteiger partial charge in [-0.25, -0.2) is 0 Å². The van der Waals surface area contributed by atoms with Crippen LogP contribution in [-0.2, 0) is 6.42 Å². The van der Waals surface area contributed by atoms with Crippen LogP contribution in [0.4, 0.5) is 0 Å². The van der Waals surface area contributed by atoms with Gasteiger partial charge in [-0.05, 0) is 30.9 Å². The third-order valence-electron chi connectivity index (χ3n) is 2.53. The summed E-state index contributed by atoms with van der Waals surface area (Å²) in [7, 11) is 0. The Hall–Kier alpha value is -1.15. The minimum Gasteiger partial charge on any atom is -0.330 e. The minimum atomic E-state index is 0.196. The predicted molar refractivity (Wildman–Crippen MR) is 67.6 cm³/mol. The fourth-order valence-corrected chi connectivity index (χ4v) is 1.71. The number of nitrogens with two attached hydrogens (primary N) is 1. The maximum absolute atomic E-state index is 11.7. The molecule has 0 aromatic heterocycles. The molecular formula is C14H21NO. The Morgan fingerprint density at radius 3 is 2.38 bits per heavy atom. The standard InChI is InChI=1S/C14H21NO/c1-11(2)10-12-5-7-13(8-6-12)14(16)4-3-9-15/h5-8,11H,3-4,9-10,15H2,1-2H3. The van der Waals surface area contributed by atoms with Gasteiger partial charge in [0.05, 0.1) is 0 Å². The Balaban J connectivity index is 2.60. The molecule has 88 valence electrons. The zero-order valence-electron chi connectivity index (χ0n) is 10.2. The molecule has 1 aromatic rings.